The molecule has 1 saturated heterocycles. The van der Waals surface area contributed by atoms with Crippen LogP contribution in [-0.2, 0) is 24.8 Å². The van der Waals surface area contributed by atoms with Gasteiger partial charge in [-0.3, -0.25) is 4.79 Å². The van der Waals surface area contributed by atoms with E-state index in [0.29, 0.717) is 6.54 Å². The molecular formula is C18H27N5OS. The van der Waals surface area contributed by atoms with Crippen molar-refractivity contribution in [2.24, 2.45) is 13.0 Å². The molecule has 1 aliphatic rings. The van der Waals surface area contributed by atoms with Gasteiger partial charge in [0.1, 0.15) is 0 Å². The van der Waals surface area contributed by atoms with E-state index in [2.05, 4.69) is 34.1 Å². The fraction of sp³-hybridized carbons (Fsp3) is 0.611. The van der Waals surface area contributed by atoms with Gasteiger partial charge < -0.3 is 14.4 Å². The molecule has 7 heteroatoms. The van der Waals surface area contributed by atoms with Gasteiger partial charge in [0.05, 0.1) is 35.2 Å². The normalized spacial score (nSPS) is 21.0. The fourth-order valence-electron chi connectivity index (χ4n) is 3.51. The van der Waals surface area contributed by atoms with Crippen LogP contribution < -0.4 is 0 Å². The minimum atomic E-state index is -0.0378. The van der Waals surface area contributed by atoms with Gasteiger partial charge in [0.25, 0.3) is 0 Å². The third kappa shape index (κ3) is 3.93. The number of hydrogen-bond donors (Lipinski definition) is 0. The van der Waals surface area contributed by atoms with Gasteiger partial charge in [-0.15, -0.1) is 11.3 Å². The highest BCUT2D eigenvalue weighted by Gasteiger charge is 2.40. The number of aryl methyl sites for hydroxylation is 2. The van der Waals surface area contributed by atoms with E-state index in [1.165, 1.54) is 0 Å². The molecular weight excluding hydrogens is 334 g/mol. The van der Waals surface area contributed by atoms with Crippen LogP contribution in [0.5, 0.6) is 0 Å². The van der Waals surface area contributed by atoms with Crippen molar-refractivity contribution in [3.05, 3.63) is 34.3 Å². The molecule has 0 aliphatic carbocycles. The van der Waals surface area contributed by atoms with Gasteiger partial charge >= 0.3 is 0 Å². The van der Waals surface area contributed by atoms with E-state index in [1.807, 2.05) is 36.1 Å². The van der Waals surface area contributed by atoms with E-state index in [-0.39, 0.29) is 17.7 Å². The van der Waals surface area contributed by atoms with Crippen LogP contribution in [0, 0.1) is 5.92 Å². The van der Waals surface area contributed by atoms with Crippen molar-refractivity contribution in [2.45, 2.75) is 32.7 Å². The molecule has 1 aliphatic heterocycles. The maximum Gasteiger partial charge on any atom is 0.227 e. The van der Waals surface area contributed by atoms with Crippen LogP contribution in [0.2, 0.25) is 0 Å². The summed E-state index contributed by atoms with van der Waals surface area (Å²) in [4.78, 5) is 26.4. The summed E-state index contributed by atoms with van der Waals surface area (Å²) in [5.74, 6) is 0.319. The summed E-state index contributed by atoms with van der Waals surface area (Å²) < 4.78 is 1.96. The minimum absolute atomic E-state index is 0.0378. The van der Waals surface area contributed by atoms with Gasteiger partial charge in [-0.25, -0.2) is 9.97 Å². The van der Waals surface area contributed by atoms with Gasteiger partial charge in [-0.2, -0.15) is 0 Å². The molecule has 0 spiro atoms. The molecule has 3 heterocycles. The molecule has 0 saturated carbocycles. The second kappa shape index (κ2) is 7.66. The summed E-state index contributed by atoms with van der Waals surface area (Å²) >= 11 is 1.67. The van der Waals surface area contributed by atoms with Crippen molar-refractivity contribution in [1.29, 1.82) is 0 Å². The van der Waals surface area contributed by atoms with Crippen molar-refractivity contribution < 1.29 is 4.79 Å². The molecule has 6 nitrogen and oxygen atoms in total. The summed E-state index contributed by atoms with van der Waals surface area (Å²) in [6.07, 6.45) is 4.80. The number of aromatic nitrogens is 3. The van der Waals surface area contributed by atoms with Gasteiger partial charge in [-0.05, 0) is 13.0 Å². The minimum Gasteiger partial charge on any atom is -0.340 e. The highest BCUT2D eigenvalue weighted by atomic mass is 32.1. The number of rotatable bonds is 6. The van der Waals surface area contributed by atoms with E-state index >= 15 is 0 Å². The zero-order valence-electron chi connectivity index (χ0n) is 15.5. The first-order chi connectivity index (χ1) is 12.0. The largest absolute Gasteiger partial charge is 0.340 e. The number of carbonyl (C=O) groups is 1. The standard InChI is InChI=1S/C18H27N5OS/c1-5-17-20-13(11-25-17)7-22(4)18(24)15-9-23(6-2)8-14(15)16-10-21(3)12-19-16/h10-12,14-15H,5-9H2,1-4H3/t14-,15-/m1/s1. The molecule has 1 amide bonds. The maximum atomic E-state index is 13.1. The Hall–Kier alpha value is -1.73. The van der Waals surface area contributed by atoms with Crippen LogP contribution >= 0.6 is 11.3 Å². The van der Waals surface area contributed by atoms with E-state index in [1.54, 1.807) is 11.3 Å². The van der Waals surface area contributed by atoms with Crippen molar-refractivity contribution in [3.63, 3.8) is 0 Å². The Morgan fingerprint density at radius 3 is 2.80 bits per heavy atom. The molecule has 2 atom stereocenters. The number of thiazole rings is 1. The number of likely N-dealkylation sites (N-methyl/N-ethyl adjacent to an activating group) is 1. The van der Waals surface area contributed by atoms with Gasteiger partial charge in [-0.1, -0.05) is 13.8 Å². The average Bonchev–Trinajstić information content (AvgIpc) is 3.32. The van der Waals surface area contributed by atoms with Crippen LogP contribution in [-0.4, -0.2) is 56.9 Å². The van der Waals surface area contributed by atoms with E-state index in [0.717, 1.165) is 42.5 Å². The van der Waals surface area contributed by atoms with Crippen LogP contribution in [0.25, 0.3) is 0 Å². The maximum absolute atomic E-state index is 13.1. The van der Waals surface area contributed by atoms with Crippen LogP contribution in [0.4, 0.5) is 0 Å². The predicted molar refractivity (Wildman–Crippen MR) is 99.5 cm³/mol. The van der Waals surface area contributed by atoms with Gasteiger partial charge in [0, 0.05) is 44.7 Å². The average molecular weight is 362 g/mol. The fourth-order valence-corrected chi connectivity index (χ4v) is 4.24. The Kier molecular flexibility index (Phi) is 5.54. The molecule has 0 N–H and O–H groups in total. The Balaban J connectivity index is 1.73. The molecule has 1 fully saturated rings. The first kappa shape index (κ1) is 18.1. The molecule has 2 aromatic rings. The van der Waals surface area contributed by atoms with Crippen molar-refractivity contribution in [2.75, 3.05) is 26.7 Å². The number of nitrogens with zero attached hydrogens (tertiary/aromatic N) is 5. The Bertz CT molecular complexity index is 725. The SMILES string of the molecule is CCc1nc(CN(C)C(=O)[C@@H]2CN(CC)C[C@H]2c2cn(C)cn2)cs1. The number of amides is 1. The predicted octanol–water partition coefficient (Wildman–Crippen LogP) is 2.13. The summed E-state index contributed by atoms with van der Waals surface area (Å²) in [7, 11) is 3.86. The van der Waals surface area contributed by atoms with Crippen molar-refractivity contribution >= 4 is 17.2 Å². The number of carbonyl (C=O) groups excluding carboxylic acids is 1. The van der Waals surface area contributed by atoms with Gasteiger partial charge in [0.15, 0.2) is 0 Å². The lowest BCUT2D eigenvalue weighted by Gasteiger charge is -2.23. The Labute approximate surface area is 153 Å². The summed E-state index contributed by atoms with van der Waals surface area (Å²) in [5.41, 5.74) is 2.00. The van der Waals surface area contributed by atoms with Crippen LogP contribution in [0.1, 0.15) is 36.2 Å². The highest BCUT2D eigenvalue weighted by molar-refractivity contribution is 7.09. The summed E-state index contributed by atoms with van der Waals surface area (Å²) in [5, 5.41) is 3.19. The molecule has 0 aromatic carbocycles. The summed E-state index contributed by atoms with van der Waals surface area (Å²) in [6.45, 7) is 7.49. The van der Waals surface area contributed by atoms with Crippen LogP contribution in [0.15, 0.2) is 17.9 Å². The lowest BCUT2D eigenvalue weighted by molar-refractivity contribution is -0.134. The van der Waals surface area contributed by atoms with Crippen molar-refractivity contribution in [3.8, 4) is 0 Å². The second-order valence-corrected chi connectivity index (χ2v) is 7.75. The molecule has 2 aromatic heterocycles. The molecule has 0 unspecified atom stereocenters. The van der Waals surface area contributed by atoms with Crippen molar-refractivity contribution in [1.82, 2.24) is 24.3 Å². The monoisotopic (exact) mass is 361 g/mol. The second-order valence-electron chi connectivity index (χ2n) is 6.81. The molecule has 136 valence electrons. The van der Waals surface area contributed by atoms with E-state index < -0.39 is 0 Å². The number of likely N-dealkylation sites (tertiary alicyclic amines) is 1. The quantitative estimate of drug-likeness (QED) is 0.791. The van der Waals surface area contributed by atoms with Gasteiger partial charge in [0.2, 0.25) is 5.91 Å². The van der Waals surface area contributed by atoms with E-state index in [4.69, 9.17) is 0 Å². The lowest BCUT2D eigenvalue weighted by atomic mass is 9.92. The van der Waals surface area contributed by atoms with Crippen LogP contribution in [0.3, 0.4) is 0 Å². The molecule has 0 bridgehead atoms. The number of imidazole rings is 1. The molecule has 3 rings (SSSR count). The first-order valence-corrected chi connectivity index (χ1v) is 9.78. The summed E-state index contributed by atoms with van der Waals surface area (Å²) in [6, 6.07) is 0. The third-order valence-electron chi connectivity index (χ3n) is 4.94. The topological polar surface area (TPSA) is 54.3 Å². The highest BCUT2D eigenvalue weighted by Crippen LogP contribution is 2.33. The molecule has 0 radical (unpaired) electrons. The van der Waals surface area contributed by atoms with E-state index in [9.17, 15) is 4.79 Å². The zero-order valence-corrected chi connectivity index (χ0v) is 16.3. The molecule has 25 heavy (non-hydrogen) atoms. The first-order valence-electron chi connectivity index (χ1n) is 8.90. The zero-order chi connectivity index (χ0) is 18.0. The lowest BCUT2D eigenvalue weighted by Crippen LogP contribution is -2.36. The third-order valence-corrected chi connectivity index (χ3v) is 5.98. The Morgan fingerprint density at radius 2 is 2.20 bits per heavy atom. The Morgan fingerprint density at radius 1 is 1.40 bits per heavy atom. The number of hydrogen-bond acceptors (Lipinski definition) is 5. The smallest absolute Gasteiger partial charge is 0.227 e.